The number of nitrogens with one attached hydrogen (secondary N) is 1. The van der Waals surface area contributed by atoms with E-state index < -0.39 is 0 Å². The van der Waals surface area contributed by atoms with Crippen LogP contribution >= 0.6 is 0 Å². The molecule has 2 N–H and O–H groups in total. The molecule has 1 saturated heterocycles. The van der Waals surface area contributed by atoms with Crippen molar-refractivity contribution >= 4 is 5.91 Å². The lowest BCUT2D eigenvalue weighted by Gasteiger charge is -2.38. The van der Waals surface area contributed by atoms with Crippen LogP contribution in [0, 0.1) is 12.8 Å². The number of hydrogen-bond acceptors (Lipinski definition) is 3. The number of imidazole rings is 1. The average molecular weight is 341 g/mol. The highest BCUT2D eigenvalue weighted by molar-refractivity contribution is 5.79. The molecule has 5 nitrogen and oxygen atoms in total. The SMILES string of the molecule is CCC(C)C(=O)N1CCC(O)CC1c1ncc(-c2ccc(C)cc2)[nH]1. The van der Waals surface area contributed by atoms with E-state index in [0.29, 0.717) is 19.4 Å². The minimum atomic E-state index is -0.390. The van der Waals surface area contributed by atoms with Crippen molar-refractivity contribution in [1.82, 2.24) is 14.9 Å². The van der Waals surface area contributed by atoms with E-state index in [1.165, 1.54) is 5.56 Å². The Morgan fingerprint density at radius 1 is 1.40 bits per heavy atom. The first-order valence-electron chi connectivity index (χ1n) is 9.10. The number of aromatic nitrogens is 2. The van der Waals surface area contributed by atoms with Crippen LogP contribution in [0.4, 0.5) is 0 Å². The van der Waals surface area contributed by atoms with Crippen molar-refractivity contribution in [2.24, 2.45) is 5.92 Å². The number of aliphatic hydroxyl groups is 1. The molecule has 2 heterocycles. The molecule has 1 aliphatic heterocycles. The van der Waals surface area contributed by atoms with Gasteiger partial charge in [-0.2, -0.15) is 0 Å². The highest BCUT2D eigenvalue weighted by atomic mass is 16.3. The molecule has 3 unspecified atom stereocenters. The summed E-state index contributed by atoms with van der Waals surface area (Å²) >= 11 is 0. The Labute approximate surface area is 149 Å². The maximum absolute atomic E-state index is 12.7. The number of hydrogen-bond donors (Lipinski definition) is 2. The van der Waals surface area contributed by atoms with Gasteiger partial charge in [0.2, 0.25) is 5.91 Å². The summed E-state index contributed by atoms with van der Waals surface area (Å²) in [6.45, 7) is 6.63. The number of aryl methyl sites for hydroxylation is 1. The molecule has 1 fully saturated rings. The first-order chi connectivity index (χ1) is 12.0. The van der Waals surface area contributed by atoms with Crippen LogP contribution in [-0.2, 0) is 4.79 Å². The normalized spacial score (nSPS) is 22.0. The third kappa shape index (κ3) is 3.76. The first-order valence-corrected chi connectivity index (χ1v) is 9.10. The van der Waals surface area contributed by atoms with E-state index in [1.54, 1.807) is 0 Å². The Bertz CT molecular complexity index is 723. The average Bonchev–Trinajstić information content (AvgIpc) is 3.11. The van der Waals surface area contributed by atoms with Crippen molar-refractivity contribution in [3.8, 4) is 11.3 Å². The van der Waals surface area contributed by atoms with Crippen LogP contribution < -0.4 is 0 Å². The molecule has 1 amide bonds. The van der Waals surface area contributed by atoms with E-state index >= 15 is 0 Å². The summed E-state index contributed by atoms with van der Waals surface area (Å²) in [5.41, 5.74) is 3.22. The van der Waals surface area contributed by atoms with E-state index in [4.69, 9.17) is 0 Å². The van der Waals surface area contributed by atoms with Crippen molar-refractivity contribution in [2.75, 3.05) is 6.54 Å². The largest absolute Gasteiger partial charge is 0.393 e. The van der Waals surface area contributed by atoms with Gasteiger partial charge in [0, 0.05) is 18.9 Å². The quantitative estimate of drug-likeness (QED) is 0.895. The van der Waals surface area contributed by atoms with Crippen LogP contribution in [0.15, 0.2) is 30.5 Å². The Morgan fingerprint density at radius 2 is 2.12 bits per heavy atom. The molecule has 1 aromatic heterocycles. The molecular formula is C20H27N3O2. The maximum Gasteiger partial charge on any atom is 0.226 e. The molecule has 0 aliphatic carbocycles. The standard InChI is InChI=1S/C20H27N3O2/c1-4-14(3)20(25)23-10-9-16(24)11-18(23)19-21-12-17(22-19)15-7-5-13(2)6-8-15/h5-8,12,14,16,18,24H,4,9-11H2,1-3H3,(H,21,22). The molecule has 2 aromatic rings. The first kappa shape index (κ1) is 17.7. The van der Waals surface area contributed by atoms with Gasteiger partial charge in [-0.05, 0) is 25.3 Å². The number of carbonyl (C=O) groups excluding carboxylic acids is 1. The summed E-state index contributed by atoms with van der Waals surface area (Å²) in [4.78, 5) is 22.5. The van der Waals surface area contributed by atoms with Crippen LogP contribution in [0.25, 0.3) is 11.3 Å². The molecule has 0 radical (unpaired) electrons. The molecule has 1 aromatic carbocycles. The number of carbonyl (C=O) groups is 1. The summed E-state index contributed by atoms with van der Waals surface area (Å²) in [6.07, 6.45) is 3.40. The van der Waals surface area contributed by atoms with Gasteiger partial charge in [-0.25, -0.2) is 4.98 Å². The Hall–Kier alpha value is -2.14. The van der Waals surface area contributed by atoms with E-state index in [0.717, 1.165) is 23.5 Å². The number of benzene rings is 1. The predicted molar refractivity (Wildman–Crippen MR) is 97.9 cm³/mol. The molecule has 3 rings (SSSR count). The van der Waals surface area contributed by atoms with Gasteiger partial charge in [0.15, 0.2) is 0 Å². The van der Waals surface area contributed by atoms with Gasteiger partial charge in [-0.3, -0.25) is 4.79 Å². The number of aliphatic hydroxyl groups excluding tert-OH is 1. The van der Waals surface area contributed by atoms with Crippen LogP contribution in [0.3, 0.4) is 0 Å². The number of amides is 1. The fourth-order valence-corrected chi connectivity index (χ4v) is 3.31. The third-order valence-electron chi connectivity index (χ3n) is 5.17. The van der Waals surface area contributed by atoms with E-state index in [-0.39, 0.29) is 24.0 Å². The maximum atomic E-state index is 12.7. The number of rotatable bonds is 4. The predicted octanol–water partition coefficient (Wildman–Crippen LogP) is 3.46. The smallest absolute Gasteiger partial charge is 0.226 e. The van der Waals surface area contributed by atoms with Crippen molar-refractivity contribution in [2.45, 2.75) is 52.2 Å². The van der Waals surface area contributed by atoms with Crippen molar-refractivity contribution in [3.63, 3.8) is 0 Å². The number of aromatic amines is 1. The van der Waals surface area contributed by atoms with E-state index in [9.17, 15) is 9.90 Å². The second kappa shape index (κ2) is 7.40. The molecule has 0 saturated carbocycles. The van der Waals surface area contributed by atoms with Crippen LogP contribution in [0.2, 0.25) is 0 Å². The summed E-state index contributed by atoms with van der Waals surface area (Å²) < 4.78 is 0. The molecule has 3 atom stereocenters. The number of piperidine rings is 1. The molecule has 5 heteroatoms. The van der Waals surface area contributed by atoms with Crippen LogP contribution in [0.5, 0.6) is 0 Å². The molecule has 0 bridgehead atoms. The van der Waals surface area contributed by atoms with Gasteiger partial charge in [0.25, 0.3) is 0 Å². The van der Waals surface area contributed by atoms with Gasteiger partial charge in [-0.1, -0.05) is 43.7 Å². The lowest BCUT2D eigenvalue weighted by molar-refractivity contribution is -0.141. The lowest BCUT2D eigenvalue weighted by Crippen LogP contribution is -2.45. The topological polar surface area (TPSA) is 69.2 Å². The van der Waals surface area contributed by atoms with Gasteiger partial charge in [0.05, 0.1) is 24.0 Å². The number of likely N-dealkylation sites (tertiary alicyclic amines) is 1. The summed E-state index contributed by atoms with van der Waals surface area (Å²) in [6, 6.07) is 8.07. The van der Waals surface area contributed by atoms with E-state index in [1.807, 2.05) is 24.9 Å². The number of H-pyrrole nitrogens is 1. The fraction of sp³-hybridized carbons (Fsp3) is 0.500. The molecule has 1 aliphatic rings. The zero-order chi connectivity index (χ0) is 18.0. The summed E-state index contributed by atoms with van der Waals surface area (Å²) in [5.74, 6) is 0.892. The Morgan fingerprint density at radius 3 is 2.80 bits per heavy atom. The zero-order valence-corrected chi connectivity index (χ0v) is 15.2. The summed E-state index contributed by atoms with van der Waals surface area (Å²) in [5, 5.41) is 10.1. The van der Waals surface area contributed by atoms with Gasteiger partial charge in [-0.15, -0.1) is 0 Å². The van der Waals surface area contributed by atoms with Crippen LogP contribution in [-0.4, -0.2) is 38.5 Å². The van der Waals surface area contributed by atoms with Gasteiger partial charge >= 0.3 is 0 Å². The molecule has 134 valence electrons. The van der Waals surface area contributed by atoms with Crippen LogP contribution in [0.1, 0.15) is 50.5 Å². The van der Waals surface area contributed by atoms with Gasteiger partial charge < -0.3 is 15.0 Å². The van der Waals surface area contributed by atoms with Crippen molar-refractivity contribution in [1.29, 1.82) is 0 Å². The lowest BCUT2D eigenvalue weighted by atomic mass is 9.96. The Balaban J connectivity index is 1.86. The van der Waals surface area contributed by atoms with Crippen molar-refractivity contribution < 1.29 is 9.90 Å². The van der Waals surface area contributed by atoms with Gasteiger partial charge in [0.1, 0.15) is 5.82 Å². The molecule has 25 heavy (non-hydrogen) atoms. The molecular weight excluding hydrogens is 314 g/mol. The number of nitrogens with zero attached hydrogens (tertiary/aromatic N) is 2. The van der Waals surface area contributed by atoms with Crippen molar-refractivity contribution in [3.05, 3.63) is 41.9 Å². The molecule has 0 spiro atoms. The minimum absolute atomic E-state index is 0.00993. The second-order valence-corrected chi connectivity index (χ2v) is 7.08. The van der Waals surface area contributed by atoms with E-state index in [2.05, 4.69) is 41.2 Å². The zero-order valence-electron chi connectivity index (χ0n) is 15.2. The highest BCUT2D eigenvalue weighted by Crippen LogP contribution is 2.32. The summed E-state index contributed by atoms with van der Waals surface area (Å²) in [7, 11) is 0. The monoisotopic (exact) mass is 341 g/mol. The minimum Gasteiger partial charge on any atom is -0.393 e. The Kier molecular flexibility index (Phi) is 5.23. The fourth-order valence-electron chi connectivity index (χ4n) is 3.31. The third-order valence-corrected chi connectivity index (χ3v) is 5.17. The second-order valence-electron chi connectivity index (χ2n) is 7.08. The highest BCUT2D eigenvalue weighted by Gasteiger charge is 2.35.